The Morgan fingerprint density at radius 1 is 1.00 bits per heavy atom. The van der Waals surface area contributed by atoms with Gasteiger partial charge in [0.15, 0.2) is 5.78 Å². The second-order valence-corrected chi connectivity index (χ2v) is 5.47. The molecule has 0 heterocycles. The lowest BCUT2D eigenvalue weighted by atomic mass is 10.0. The van der Waals surface area contributed by atoms with E-state index < -0.39 is 6.10 Å². The number of benzene rings is 2. The predicted octanol–water partition coefficient (Wildman–Crippen LogP) is 2.81. The van der Waals surface area contributed by atoms with Crippen LogP contribution in [-0.4, -0.2) is 23.3 Å². The standard InChI is InChI=1S/C19H21NO3/c1-14-7-5-6-10-16(14)18(22)13-20-19(23)12-11-17(21)15-8-3-2-4-9-15/h2-10,18,22H,11-13H2,1H3,(H,20,23). The minimum Gasteiger partial charge on any atom is -0.387 e. The molecule has 0 aliphatic heterocycles. The molecule has 0 aromatic heterocycles. The summed E-state index contributed by atoms with van der Waals surface area (Å²) in [5.74, 6) is -0.290. The minimum absolute atomic E-state index is 0.0554. The van der Waals surface area contributed by atoms with Crippen molar-refractivity contribution in [1.82, 2.24) is 5.32 Å². The van der Waals surface area contributed by atoms with Gasteiger partial charge in [0.25, 0.3) is 0 Å². The van der Waals surface area contributed by atoms with Gasteiger partial charge in [-0.1, -0.05) is 54.6 Å². The van der Waals surface area contributed by atoms with Crippen molar-refractivity contribution in [2.75, 3.05) is 6.54 Å². The van der Waals surface area contributed by atoms with Crippen molar-refractivity contribution < 1.29 is 14.7 Å². The van der Waals surface area contributed by atoms with Crippen molar-refractivity contribution in [1.29, 1.82) is 0 Å². The number of amides is 1. The number of rotatable bonds is 7. The topological polar surface area (TPSA) is 66.4 Å². The molecule has 2 aromatic carbocycles. The van der Waals surface area contributed by atoms with Crippen molar-refractivity contribution in [2.24, 2.45) is 0 Å². The van der Waals surface area contributed by atoms with E-state index >= 15 is 0 Å². The third-order valence-corrected chi connectivity index (χ3v) is 3.71. The number of aryl methyl sites for hydroxylation is 1. The van der Waals surface area contributed by atoms with Gasteiger partial charge in [-0.05, 0) is 18.1 Å². The summed E-state index contributed by atoms with van der Waals surface area (Å²) in [5.41, 5.74) is 2.39. The first kappa shape index (κ1) is 16.9. The lowest BCUT2D eigenvalue weighted by molar-refractivity contribution is -0.121. The van der Waals surface area contributed by atoms with Gasteiger partial charge >= 0.3 is 0 Å². The Bertz CT molecular complexity index is 667. The van der Waals surface area contributed by atoms with Gasteiger partial charge in [0, 0.05) is 24.9 Å². The van der Waals surface area contributed by atoms with E-state index in [9.17, 15) is 14.7 Å². The second kappa shape index (κ2) is 8.25. The van der Waals surface area contributed by atoms with Crippen LogP contribution < -0.4 is 5.32 Å². The summed E-state index contributed by atoms with van der Waals surface area (Å²) >= 11 is 0. The molecule has 23 heavy (non-hydrogen) atoms. The molecular weight excluding hydrogens is 290 g/mol. The summed E-state index contributed by atoms with van der Waals surface area (Å²) in [6, 6.07) is 16.4. The van der Waals surface area contributed by atoms with E-state index in [1.165, 1.54) is 0 Å². The van der Waals surface area contributed by atoms with Gasteiger partial charge in [-0.2, -0.15) is 0 Å². The van der Waals surface area contributed by atoms with Gasteiger partial charge in [-0.25, -0.2) is 0 Å². The van der Waals surface area contributed by atoms with Crippen LogP contribution in [-0.2, 0) is 4.79 Å². The Labute approximate surface area is 136 Å². The Hall–Kier alpha value is -2.46. The number of hydrogen-bond acceptors (Lipinski definition) is 3. The summed E-state index contributed by atoms with van der Waals surface area (Å²) in [5, 5.41) is 12.8. The first-order valence-electron chi connectivity index (χ1n) is 7.66. The van der Waals surface area contributed by atoms with Gasteiger partial charge in [0.05, 0.1) is 6.10 Å². The molecule has 2 aromatic rings. The molecule has 2 N–H and O–H groups in total. The third-order valence-electron chi connectivity index (χ3n) is 3.71. The van der Waals surface area contributed by atoms with Crippen molar-refractivity contribution in [3.63, 3.8) is 0 Å². The molecule has 1 amide bonds. The molecule has 4 heteroatoms. The summed E-state index contributed by atoms with van der Waals surface area (Å²) < 4.78 is 0. The first-order valence-corrected chi connectivity index (χ1v) is 7.66. The van der Waals surface area contributed by atoms with Crippen molar-refractivity contribution in [2.45, 2.75) is 25.9 Å². The Balaban J connectivity index is 1.77. The SMILES string of the molecule is Cc1ccccc1C(O)CNC(=O)CCC(=O)c1ccccc1. The van der Waals surface area contributed by atoms with Crippen LogP contribution >= 0.6 is 0 Å². The molecular formula is C19H21NO3. The zero-order valence-corrected chi connectivity index (χ0v) is 13.2. The molecule has 120 valence electrons. The van der Waals surface area contributed by atoms with Crippen LogP contribution in [0.1, 0.15) is 40.4 Å². The Morgan fingerprint density at radius 2 is 1.65 bits per heavy atom. The number of carbonyl (C=O) groups excluding carboxylic acids is 2. The van der Waals surface area contributed by atoms with Crippen LogP contribution in [0.25, 0.3) is 0 Å². The van der Waals surface area contributed by atoms with Crippen LogP contribution in [0.5, 0.6) is 0 Å². The number of hydrogen-bond donors (Lipinski definition) is 2. The molecule has 4 nitrogen and oxygen atoms in total. The lowest BCUT2D eigenvalue weighted by Gasteiger charge is -2.14. The second-order valence-electron chi connectivity index (χ2n) is 5.47. The van der Waals surface area contributed by atoms with Gasteiger partial charge < -0.3 is 10.4 Å². The number of aliphatic hydroxyl groups is 1. The fraction of sp³-hybridized carbons (Fsp3) is 0.263. The van der Waals surface area contributed by atoms with E-state index in [-0.39, 0.29) is 31.1 Å². The zero-order chi connectivity index (χ0) is 16.7. The number of aliphatic hydroxyl groups excluding tert-OH is 1. The zero-order valence-electron chi connectivity index (χ0n) is 13.2. The number of nitrogens with one attached hydrogen (secondary N) is 1. The number of carbonyl (C=O) groups is 2. The fourth-order valence-electron chi connectivity index (χ4n) is 2.36. The average molecular weight is 311 g/mol. The van der Waals surface area contributed by atoms with E-state index in [2.05, 4.69) is 5.32 Å². The van der Waals surface area contributed by atoms with Gasteiger partial charge in [-0.3, -0.25) is 9.59 Å². The van der Waals surface area contributed by atoms with Crippen molar-refractivity contribution in [3.8, 4) is 0 Å². The van der Waals surface area contributed by atoms with Crippen LogP contribution in [0.3, 0.4) is 0 Å². The maximum Gasteiger partial charge on any atom is 0.220 e. The monoisotopic (exact) mass is 311 g/mol. The van der Waals surface area contributed by atoms with Crippen LogP contribution in [0.2, 0.25) is 0 Å². The van der Waals surface area contributed by atoms with Gasteiger partial charge in [0.2, 0.25) is 5.91 Å². The Morgan fingerprint density at radius 3 is 2.35 bits per heavy atom. The molecule has 0 bridgehead atoms. The smallest absolute Gasteiger partial charge is 0.220 e. The van der Waals surface area contributed by atoms with Crippen molar-refractivity contribution >= 4 is 11.7 Å². The van der Waals surface area contributed by atoms with Gasteiger partial charge in [0.1, 0.15) is 0 Å². The Kier molecular flexibility index (Phi) is 6.06. The fourth-order valence-corrected chi connectivity index (χ4v) is 2.36. The maximum atomic E-state index is 11.9. The van der Waals surface area contributed by atoms with E-state index in [0.29, 0.717) is 5.56 Å². The van der Waals surface area contributed by atoms with Crippen LogP contribution in [0, 0.1) is 6.92 Å². The summed E-state index contributed by atoms with van der Waals surface area (Å²) in [6.07, 6.45) is -0.463. The highest BCUT2D eigenvalue weighted by Crippen LogP contribution is 2.16. The maximum absolute atomic E-state index is 11.9. The van der Waals surface area contributed by atoms with E-state index in [1.807, 2.05) is 37.3 Å². The molecule has 0 fully saturated rings. The number of Topliss-reactive ketones (excluding diaryl/α,β-unsaturated/α-hetero) is 1. The summed E-state index contributed by atoms with van der Waals surface area (Å²) in [7, 11) is 0. The van der Waals surface area contributed by atoms with Crippen LogP contribution in [0.4, 0.5) is 0 Å². The van der Waals surface area contributed by atoms with Crippen LogP contribution in [0.15, 0.2) is 54.6 Å². The molecule has 1 atom stereocenters. The normalized spacial score (nSPS) is 11.7. The van der Waals surface area contributed by atoms with E-state index in [0.717, 1.165) is 11.1 Å². The highest BCUT2D eigenvalue weighted by molar-refractivity contribution is 5.97. The molecule has 0 aliphatic carbocycles. The molecule has 0 aliphatic rings. The van der Waals surface area contributed by atoms with Crippen molar-refractivity contribution in [3.05, 3.63) is 71.3 Å². The molecule has 0 saturated heterocycles. The highest BCUT2D eigenvalue weighted by atomic mass is 16.3. The number of ketones is 1. The summed E-state index contributed by atoms with van der Waals surface area (Å²) in [6.45, 7) is 2.06. The van der Waals surface area contributed by atoms with E-state index in [1.54, 1.807) is 24.3 Å². The predicted molar refractivity (Wildman–Crippen MR) is 89.2 cm³/mol. The lowest BCUT2D eigenvalue weighted by Crippen LogP contribution is -2.28. The molecule has 0 saturated carbocycles. The summed E-state index contributed by atoms with van der Waals surface area (Å²) in [4.78, 5) is 23.7. The van der Waals surface area contributed by atoms with E-state index in [4.69, 9.17) is 0 Å². The van der Waals surface area contributed by atoms with Gasteiger partial charge in [-0.15, -0.1) is 0 Å². The largest absolute Gasteiger partial charge is 0.387 e. The third kappa shape index (κ3) is 5.04. The molecule has 0 radical (unpaired) electrons. The first-order chi connectivity index (χ1) is 11.1. The molecule has 1 unspecified atom stereocenters. The average Bonchev–Trinajstić information content (AvgIpc) is 2.58. The quantitative estimate of drug-likeness (QED) is 0.773. The highest BCUT2D eigenvalue weighted by Gasteiger charge is 2.13. The minimum atomic E-state index is -0.745. The molecule has 2 rings (SSSR count). The molecule has 0 spiro atoms.